The number of nitrogens with one attached hydrogen (secondary N) is 1. The van der Waals surface area contributed by atoms with Gasteiger partial charge in [-0.25, -0.2) is 0 Å². The molecule has 2 heterocycles. The number of likely N-dealkylation sites (N-methyl/N-ethyl adjacent to an activating group) is 1. The molecule has 1 N–H and O–H groups in total. The third-order valence-corrected chi connectivity index (χ3v) is 6.05. The van der Waals surface area contributed by atoms with E-state index in [0.29, 0.717) is 25.4 Å². The first-order chi connectivity index (χ1) is 15.4. The van der Waals surface area contributed by atoms with Crippen LogP contribution >= 0.6 is 0 Å². The molecule has 1 aliphatic carbocycles. The van der Waals surface area contributed by atoms with Gasteiger partial charge >= 0.3 is 0 Å². The van der Waals surface area contributed by atoms with Crippen molar-refractivity contribution in [2.24, 2.45) is 5.92 Å². The van der Waals surface area contributed by atoms with Gasteiger partial charge in [0.25, 0.3) is 11.8 Å². The fourth-order valence-corrected chi connectivity index (χ4v) is 4.03. The smallest absolute Gasteiger partial charge is 0.259 e. The Morgan fingerprint density at radius 1 is 1.19 bits per heavy atom. The number of nitrogens with zero attached hydrogens (tertiary/aromatic N) is 3. The summed E-state index contributed by atoms with van der Waals surface area (Å²) in [7, 11) is 1.68. The molecule has 2 aromatic heterocycles. The molecule has 1 aliphatic rings. The minimum atomic E-state index is -0.504. The van der Waals surface area contributed by atoms with E-state index < -0.39 is 11.3 Å². The van der Waals surface area contributed by atoms with Gasteiger partial charge in [0.05, 0.1) is 0 Å². The highest BCUT2D eigenvalue weighted by atomic mass is 16.2. The maximum Gasteiger partial charge on any atom is 0.259 e. The monoisotopic (exact) mass is 438 g/mol. The van der Waals surface area contributed by atoms with Crippen LogP contribution in [0.4, 0.5) is 0 Å². The predicted molar refractivity (Wildman–Crippen MR) is 125 cm³/mol. The van der Waals surface area contributed by atoms with Crippen molar-refractivity contribution < 1.29 is 9.59 Å². The topological polar surface area (TPSA) is 84.3 Å². The third-order valence-electron chi connectivity index (χ3n) is 6.05. The minimum absolute atomic E-state index is 0.0460. The van der Waals surface area contributed by atoms with Gasteiger partial charge in [0.2, 0.25) is 5.43 Å². The largest absolute Gasteiger partial charge is 0.352 e. The molecule has 3 rings (SSSR count). The Morgan fingerprint density at radius 2 is 1.91 bits per heavy atom. The molecule has 32 heavy (non-hydrogen) atoms. The Bertz CT molecular complexity index is 978. The van der Waals surface area contributed by atoms with Crippen molar-refractivity contribution in [3.8, 4) is 0 Å². The summed E-state index contributed by atoms with van der Waals surface area (Å²) in [5.41, 5.74) is 0.478. The minimum Gasteiger partial charge on any atom is -0.352 e. The summed E-state index contributed by atoms with van der Waals surface area (Å²) in [6.07, 6.45) is 10.6. The number of hydrogen-bond donors (Lipinski definition) is 1. The van der Waals surface area contributed by atoms with Gasteiger partial charge in [0.1, 0.15) is 11.1 Å². The Kier molecular flexibility index (Phi) is 8.20. The molecule has 0 aliphatic heterocycles. The van der Waals surface area contributed by atoms with Crippen LogP contribution in [-0.2, 0) is 6.42 Å². The van der Waals surface area contributed by atoms with Crippen LogP contribution in [0.3, 0.4) is 0 Å². The van der Waals surface area contributed by atoms with Crippen molar-refractivity contribution in [1.29, 1.82) is 0 Å². The van der Waals surface area contributed by atoms with Crippen molar-refractivity contribution in [1.82, 2.24) is 19.8 Å². The Hall–Kier alpha value is -2.96. The molecule has 172 valence electrons. The van der Waals surface area contributed by atoms with Gasteiger partial charge in [0, 0.05) is 56.9 Å². The highest BCUT2D eigenvalue weighted by molar-refractivity contribution is 5.99. The molecule has 7 heteroatoms. The zero-order valence-electron chi connectivity index (χ0n) is 19.3. The van der Waals surface area contributed by atoms with Crippen LogP contribution in [0.25, 0.3) is 0 Å². The summed E-state index contributed by atoms with van der Waals surface area (Å²) >= 11 is 0. The zero-order chi connectivity index (χ0) is 23.1. The molecule has 0 bridgehead atoms. The van der Waals surface area contributed by atoms with E-state index in [-0.39, 0.29) is 23.1 Å². The zero-order valence-corrected chi connectivity index (χ0v) is 19.3. The maximum atomic E-state index is 13.2. The standard InChI is InChI=1S/C25H34N4O3/c1-18(2)11-14-27-24(31)21-16-29(20-9-4-5-10-20)17-22(23(21)30)25(32)28(3)15-12-19-8-6-7-13-26-19/h6-8,13,16-18,20H,4-5,9-12,14-15H2,1-3H3,(H,27,31). The second-order valence-corrected chi connectivity index (χ2v) is 9.04. The second kappa shape index (κ2) is 11.1. The third kappa shape index (κ3) is 6.05. The van der Waals surface area contributed by atoms with Crippen molar-refractivity contribution in [2.75, 3.05) is 20.1 Å². The molecule has 0 atom stereocenters. The van der Waals surface area contributed by atoms with Crippen molar-refractivity contribution in [2.45, 2.75) is 58.4 Å². The molecule has 7 nitrogen and oxygen atoms in total. The van der Waals surface area contributed by atoms with E-state index in [2.05, 4.69) is 24.1 Å². The first kappa shape index (κ1) is 23.7. The van der Waals surface area contributed by atoms with Gasteiger partial charge in [-0.1, -0.05) is 32.8 Å². The molecule has 1 saturated carbocycles. The molecule has 2 aromatic rings. The SMILES string of the molecule is CC(C)CCNC(=O)c1cn(C2CCCC2)cc(C(=O)N(C)CCc2ccccn2)c1=O. The average Bonchev–Trinajstić information content (AvgIpc) is 3.32. The lowest BCUT2D eigenvalue weighted by Crippen LogP contribution is -2.37. The Balaban J connectivity index is 1.84. The molecule has 2 amide bonds. The fourth-order valence-electron chi connectivity index (χ4n) is 4.03. The van der Waals surface area contributed by atoms with E-state index in [9.17, 15) is 14.4 Å². The first-order valence-corrected chi connectivity index (χ1v) is 11.6. The second-order valence-electron chi connectivity index (χ2n) is 9.04. The van der Waals surface area contributed by atoms with Crippen molar-refractivity contribution in [3.63, 3.8) is 0 Å². The molecule has 0 radical (unpaired) electrons. The summed E-state index contributed by atoms with van der Waals surface area (Å²) in [6, 6.07) is 5.88. The van der Waals surface area contributed by atoms with Gasteiger partial charge in [-0.3, -0.25) is 19.4 Å². The van der Waals surface area contributed by atoms with Gasteiger partial charge in [0.15, 0.2) is 0 Å². The Labute approximate surface area is 189 Å². The number of pyridine rings is 2. The lowest BCUT2D eigenvalue weighted by Gasteiger charge is -2.20. The summed E-state index contributed by atoms with van der Waals surface area (Å²) in [5, 5.41) is 2.85. The number of rotatable bonds is 9. The van der Waals surface area contributed by atoms with Crippen molar-refractivity contribution >= 4 is 11.8 Å². The van der Waals surface area contributed by atoms with Crippen LogP contribution in [0.1, 0.15) is 78.4 Å². The predicted octanol–water partition coefficient (Wildman–Crippen LogP) is 3.45. The molecular weight excluding hydrogens is 404 g/mol. The molecule has 0 unspecified atom stereocenters. The van der Waals surface area contributed by atoms with E-state index >= 15 is 0 Å². The highest BCUT2D eigenvalue weighted by Gasteiger charge is 2.25. The number of carbonyl (C=O) groups is 2. The molecule has 0 spiro atoms. The van der Waals surface area contributed by atoms with E-state index in [4.69, 9.17) is 0 Å². The van der Waals surface area contributed by atoms with E-state index in [1.165, 1.54) is 4.90 Å². The maximum absolute atomic E-state index is 13.2. The van der Waals surface area contributed by atoms with Crippen LogP contribution < -0.4 is 10.7 Å². The number of aromatic nitrogens is 2. The summed E-state index contributed by atoms with van der Waals surface area (Å²) in [6.45, 7) is 5.10. The van der Waals surface area contributed by atoms with E-state index in [0.717, 1.165) is 37.8 Å². The first-order valence-electron chi connectivity index (χ1n) is 11.6. The van der Waals surface area contributed by atoms with E-state index in [1.54, 1.807) is 25.6 Å². The number of amides is 2. The number of hydrogen-bond acceptors (Lipinski definition) is 4. The number of carbonyl (C=O) groups excluding carboxylic acids is 2. The normalized spacial score (nSPS) is 14.0. The summed E-state index contributed by atoms with van der Waals surface area (Å²) in [4.78, 5) is 45.0. The van der Waals surface area contributed by atoms with Gasteiger partial charge in [-0.05, 0) is 37.3 Å². The molecular formula is C25H34N4O3. The summed E-state index contributed by atoms with van der Waals surface area (Å²) < 4.78 is 1.91. The lowest BCUT2D eigenvalue weighted by molar-refractivity contribution is 0.0794. The highest BCUT2D eigenvalue weighted by Crippen LogP contribution is 2.29. The fraction of sp³-hybridized carbons (Fsp3) is 0.520. The van der Waals surface area contributed by atoms with Crippen LogP contribution in [0.15, 0.2) is 41.6 Å². The van der Waals surface area contributed by atoms with Crippen molar-refractivity contribution in [3.05, 3.63) is 63.8 Å². The summed E-state index contributed by atoms with van der Waals surface area (Å²) in [5.74, 6) is -0.325. The van der Waals surface area contributed by atoms with Crippen LogP contribution in [0.2, 0.25) is 0 Å². The van der Waals surface area contributed by atoms with Crippen LogP contribution in [-0.4, -0.2) is 46.4 Å². The van der Waals surface area contributed by atoms with Crippen LogP contribution in [0, 0.1) is 5.92 Å². The van der Waals surface area contributed by atoms with Gasteiger partial charge in [-0.2, -0.15) is 0 Å². The van der Waals surface area contributed by atoms with Gasteiger partial charge < -0.3 is 14.8 Å². The van der Waals surface area contributed by atoms with Crippen LogP contribution in [0.5, 0.6) is 0 Å². The molecule has 1 fully saturated rings. The molecule has 0 saturated heterocycles. The quantitative estimate of drug-likeness (QED) is 0.650. The average molecular weight is 439 g/mol. The lowest BCUT2D eigenvalue weighted by atomic mass is 10.1. The Morgan fingerprint density at radius 3 is 2.56 bits per heavy atom. The van der Waals surface area contributed by atoms with E-state index in [1.807, 2.05) is 22.8 Å². The molecule has 0 aromatic carbocycles. The van der Waals surface area contributed by atoms with Gasteiger partial charge in [-0.15, -0.1) is 0 Å².